The van der Waals surface area contributed by atoms with Crippen LogP contribution < -0.4 is 4.90 Å². The monoisotopic (exact) mass is 574 g/mol. The smallest absolute Gasteiger partial charge is 0.238 e. The average Bonchev–Trinajstić information content (AvgIpc) is 3.39. The van der Waals surface area contributed by atoms with Crippen LogP contribution in [0, 0.1) is 13.8 Å². The van der Waals surface area contributed by atoms with Gasteiger partial charge in [-0.3, -0.25) is 4.90 Å². The Hall–Kier alpha value is -4.87. The molecular formula is C38H30N4S. The van der Waals surface area contributed by atoms with Gasteiger partial charge in [-0.05, 0) is 49.2 Å². The van der Waals surface area contributed by atoms with Crippen LogP contribution >= 0.6 is 11.3 Å². The molecule has 0 unspecified atom stereocenters. The van der Waals surface area contributed by atoms with E-state index in [2.05, 4.69) is 142 Å². The summed E-state index contributed by atoms with van der Waals surface area (Å²) >= 11 is 1.84. The Balaban J connectivity index is 1.43. The van der Waals surface area contributed by atoms with E-state index >= 15 is 0 Å². The van der Waals surface area contributed by atoms with Crippen molar-refractivity contribution in [3.8, 4) is 22.8 Å². The van der Waals surface area contributed by atoms with Gasteiger partial charge in [-0.25, -0.2) is 4.98 Å². The number of anilines is 3. The van der Waals surface area contributed by atoms with Gasteiger partial charge in [0.05, 0.1) is 11.4 Å². The van der Waals surface area contributed by atoms with Gasteiger partial charge in [0.1, 0.15) is 0 Å². The van der Waals surface area contributed by atoms with E-state index in [-0.39, 0.29) is 5.41 Å². The van der Waals surface area contributed by atoms with Crippen LogP contribution in [0.25, 0.3) is 42.9 Å². The second-order valence-corrected chi connectivity index (χ2v) is 13.0. The fourth-order valence-corrected chi connectivity index (χ4v) is 7.38. The molecule has 0 N–H and O–H groups in total. The maximum absolute atomic E-state index is 5.18. The van der Waals surface area contributed by atoms with Gasteiger partial charge in [0, 0.05) is 36.7 Å². The van der Waals surface area contributed by atoms with Gasteiger partial charge in [-0.15, -0.1) is 11.3 Å². The topological polar surface area (TPSA) is 41.9 Å². The van der Waals surface area contributed by atoms with Gasteiger partial charge in [-0.2, -0.15) is 9.97 Å². The van der Waals surface area contributed by atoms with Crippen molar-refractivity contribution < 1.29 is 0 Å². The van der Waals surface area contributed by atoms with Crippen molar-refractivity contribution in [2.24, 2.45) is 0 Å². The molecule has 8 rings (SSSR count). The molecule has 4 nitrogen and oxygen atoms in total. The lowest BCUT2D eigenvalue weighted by Gasteiger charge is -2.41. The van der Waals surface area contributed by atoms with Crippen LogP contribution in [0.2, 0.25) is 0 Å². The first-order valence-electron chi connectivity index (χ1n) is 14.6. The molecule has 0 atom stereocenters. The van der Waals surface area contributed by atoms with E-state index in [4.69, 9.17) is 15.0 Å². The average molecular weight is 575 g/mol. The van der Waals surface area contributed by atoms with Crippen LogP contribution in [0.4, 0.5) is 17.3 Å². The van der Waals surface area contributed by atoms with Gasteiger partial charge < -0.3 is 0 Å². The molecule has 43 heavy (non-hydrogen) atoms. The number of benzene rings is 5. The van der Waals surface area contributed by atoms with Crippen LogP contribution in [0.5, 0.6) is 0 Å². The molecule has 2 aromatic heterocycles. The second-order valence-electron chi connectivity index (χ2n) is 12.0. The van der Waals surface area contributed by atoms with Crippen molar-refractivity contribution in [3.05, 3.63) is 131 Å². The first-order valence-corrected chi connectivity index (χ1v) is 15.4. The summed E-state index contributed by atoms with van der Waals surface area (Å²) < 4.78 is 2.55. The molecule has 0 saturated carbocycles. The van der Waals surface area contributed by atoms with Crippen molar-refractivity contribution in [1.82, 2.24) is 15.0 Å². The molecule has 7 aromatic rings. The van der Waals surface area contributed by atoms with E-state index in [0.29, 0.717) is 17.6 Å². The van der Waals surface area contributed by atoms with Crippen LogP contribution in [-0.2, 0) is 5.41 Å². The highest BCUT2D eigenvalue weighted by Gasteiger charge is 2.38. The van der Waals surface area contributed by atoms with Gasteiger partial charge in [0.15, 0.2) is 11.6 Å². The molecular weight excluding hydrogens is 545 g/mol. The Morgan fingerprint density at radius 2 is 1.16 bits per heavy atom. The third-order valence-corrected chi connectivity index (χ3v) is 9.80. The summed E-state index contributed by atoms with van der Waals surface area (Å²) in [6.07, 6.45) is 0. The van der Waals surface area contributed by atoms with Crippen LogP contribution in [0.15, 0.2) is 109 Å². The first kappa shape index (κ1) is 25.8. The predicted octanol–water partition coefficient (Wildman–Crippen LogP) is 10.3. The molecule has 0 aliphatic carbocycles. The van der Waals surface area contributed by atoms with Crippen molar-refractivity contribution in [2.75, 3.05) is 4.90 Å². The Kier molecular flexibility index (Phi) is 5.75. The molecule has 0 bridgehead atoms. The van der Waals surface area contributed by atoms with Crippen LogP contribution in [-0.4, -0.2) is 15.0 Å². The highest BCUT2D eigenvalue weighted by Crippen LogP contribution is 2.53. The van der Waals surface area contributed by atoms with E-state index < -0.39 is 0 Å². The zero-order chi connectivity index (χ0) is 29.3. The zero-order valence-electron chi connectivity index (χ0n) is 24.6. The highest BCUT2D eigenvalue weighted by molar-refractivity contribution is 7.25. The van der Waals surface area contributed by atoms with Gasteiger partial charge in [0.2, 0.25) is 5.95 Å². The lowest BCUT2D eigenvalue weighted by atomic mass is 9.73. The molecule has 0 spiro atoms. The molecule has 0 fully saturated rings. The number of thiophene rings is 1. The van der Waals surface area contributed by atoms with Gasteiger partial charge in [-0.1, -0.05) is 110 Å². The summed E-state index contributed by atoms with van der Waals surface area (Å²) in [6, 6.07) is 38.9. The molecule has 0 radical (unpaired) electrons. The Bertz CT molecular complexity index is 2110. The molecule has 0 saturated heterocycles. The molecule has 208 valence electrons. The van der Waals surface area contributed by atoms with Crippen molar-refractivity contribution in [2.45, 2.75) is 33.1 Å². The molecule has 3 heterocycles. The van der Waals surface area contributed by atoms with Crippen molar-refractivity contribution in [3.63, 3.8) is 0 Å². The summed E-state index contributed by atoms with van der Waals surface area (Å²) in [5.74, 6) is 1.94. The summed E-state index contributed by atoms with van der Waals surface area (Å²) in [5.41, 5.74) is 8.83. The molecule has 1 aliphatic rings. The second kappa shape index (κ2) is 9.58. The minimum atomic E-state index is -0.216. The Labute approximate surface area is 255 Å². The maximum Gasteiger partial charge on any atom is 0.238 e. The normalized spacial score (nSPS) is 13.7. The molecule has 1 aliphatic heterocycles. The van der Waals surface area contributed by atoms with E-state index in [0.717, 1.165) is 22.5 Å². The molecule has 5 aromatic carbocycles. The number of hydrogen-bond donors (Lipinski definition) is 0. The summed E-state index contributed by atoms with van der Waals surface area (Å²) in [7, 11) is 0. The minimum absolute atomic E-state index is 0.216. The predicted molar refractivity (Wildman–Crippen MR) is 180 cm³/mol. The summed E-state index contributed by atoms with van der Waals surface area (Å²) in [4.78, 5) is 17.6. The number of para-hydroxylation sites is 1. The third kappa shape index (κ3) is 4.15. The quantitative estimate of drug-likeness (QED) is 0.211. The number of hydrogen-bond acceptors (Lipinski definition) is 5. The number of fused-ring (bicyclic) bond motifs is 5. The number of rotatable bonds is 3. The SMILES string of the molecule is Cc1ccc(-c2nc(-c3ccc(C)cc3)nc(N3c4ccccc4C(C)(C)c4cc5c(cc43)sc3ccccc35)n2)cc1. The number of nitrogens with zero attached hydrogens (tertiary/aromatic N) is 4. The Morgan fingerprint density at radius 1 is 0.558 bits per heavy atom. The lowest BCUT2D eigenvalue weighted by molar-refractivity contribution is 0.631. The lowest BCUT2D eigenvalue weighted by Crippen LogP contribution is -2.31. The number of aryl methyl sites for hydroxylation is 2. The summed E-state index contributed by atoms with van der Waals surface area (Å²) in [6.45, 7) is 8.84. The molecule has 0 amide bonds. The standard InChI is InChI=1S/C38H30N4S/c1-23-13-17-25(18-14-23)35-39-36(26-19-15-24(2)16-20-26)41-37(40-35)42-31-11-7-6-10-29(31)38(3,4)30-21-28-27-9-5-8-12-33(27)43-34(28)22-32(30)42/h5-22H,1-4H3. The van der Waals surface area contributed by atoms with Crippen molar-refractivity contribution in [1.29, 1.82) is 0 Å². The number of aromatic nitrogens is 3. The largest absolute Gasteiger partial charge is 0.278 e. The van der Waals surface area contributed by atoms with E-state index in [1.807, 2.05) is 11.3 Å². The third-order valence-electron chi connectivity index (χ3n) is 8.67. The first-order chi connectivity index (χ1) is 20.9. The fraction of sp³-hybridized carbons (Fsp3) is 0.132. The van der Waals surface area contributed by atoms with Crippen molar-refractivity contribution >= 4 is 48.8 Å². The maximum atomic E-state index is 5.18. The van der Waals surface area contributed by atoms with E-state index in [1.165, 1.54) is 42.4 Å². The fourth-order valence-electron chi connectivity index (χ4n) is 6.26. The van der Waals surface area contributed by atoms with E-state index in [9.17, 15) is 0 Å². The molecule has 5 heteroatoms. The Morgan fingerprint density at radius 3 is 1.84 bits per heavy atom. The minimum Gasteiger partial charge on any atom is -0.278 e. The highest BCUT2D eigenvalue weighted by atomic mass is 32.1. The van der Waals surface area contributed by atoms with E-state index in [1.54, 1.807) is 0 Å². The summed E-state index contributed by atoms with van der Waals surface area (Å²) in [5, 5.41) is 2.60. The van der Waals surface area contributed by atoms with Gasteiger partial charge >= 0.3 is 0 Å². The van der Waals surface area contributed by atoms with Crippen LogP contribution in [0.1, 0.15) is 36.1 Å². The van der Waals surface area contributed by atoms with Crippen LogP contribution in [0.3, 0.4) is 0 Å². The van der Waals surface area contributed by atoms with Gasteiger partial charge in [0.25, 0.3) is 0 Å². The zero-order valence-corrected chi connectivity index (χ0v) is 25.4.